The highest BCUT2D eigenvalue weighted by molar-refractivity contribution is 5.05. The third kappa shape index (κ3) is 4.27. The molecular weight excluding hydrogens is 258 g/mol. The van der Waals surface area contributed by atoms with Gasteiger partial charge >= 0.3 is 0 Å². The van der Waals surface area contributed by atoms with Gasteiger partial charge in [-0.3, -0.25) is 9.88 Å². The minimum absolute atomic E-state index is 0.167. The lowest BCUT2D eigenvalue weighted by Crippen LogP contribution is -2.51. The summed E-state index contributed by atoms with van der Waals surface area (Å²) in [5.74, 6) is 0.909. The number of hydrogen-bond donors (Lipinski definition) is 1. The summed E-state index contributed by atoms with van der Waals surface area (Å²) in [5, 5.41) is 0. The van der Waals surface area contributed by atoms with Gasteiger partial charge in [0.25, 0.3) is 0 Å². The zero-order valence-electron chi connectivity index (χ0n) is 13.7. The molecule has 0 aliphatic heterocycles. The predicted molar refractivity (Wildman–Crippen MR) is 89.0 cm³/mol. The Bertz CT molecular complexity index is 406. The number of hydrogen-bond acceptors (Lipinski definition) is 3. The fourth-order valence-corrected chi connectivity index (χ4v) is 3.80. The van der Waals surface area contributed by atoms with Crippen LogP contribution in [0, 0.1) is 5.92 Å². The normalized spacial score (nSPS) is 26.8. The molecule has 0 saturated heterocycles. The van der Waals surface area contributed by atoms with E-state index < -0.39 is 0 Å². The van der Waals surface area contributed by atoms with Crippen LogP contribution in [0.3, 0.4) is 0 Å². The molecule has 21 heavy (non-hydrogen) atoms. The van der Waals surface area contributed by atoms with Crippen LogP contribution in [0.5, 0.6) is 0 Å². The number of rotatable bonds is 6. The molecule has 0 spiro atoms. The van der Waals surface area contributed by atoms with Crippen LogP contribution in [0.25, 0.3) is 0 Å². The Morgan fingerprint density at radius 1 is 1.33 bits per heavy atom. The fourth-order valence-electron chi connectivity index (χ4n) is 3.80. The molecule has 118 valence electrons. The van der Waals surface area contributed by atoms with Crippen LogP contribution in [0.4, 0.5) is 0 Å². The molecule has 1 saturated carbocycles. The first-order chi connectivity index (χ1) is 10.2. The topological polar surface area (TPSA) is 42.1 Å². The second-order valence-electron chi connectivity index (χ2n) is 6.69. The number of likely N-dealkylation sites (N-methyl/N-ethyl adjacent to an activating group) is 1. The first-order valence-electron chi connectivity index (χ1n) is 8.51. The molecule has 2 N–H and O–H groups in total. The summed E-state index contributed by atoms with van der Waals surface area (Å²) in [5.41, 5.74) is 7.53. The van der Waals surface area contributed by atoms with Crippen LogP contribution in [-0.2, 0) is 6.54 Å². The summed E-state index contributed by atoms with van der Waals surface area (Å²) in [4.78, 5) is 6.93. The Hall–Kier alpha value is -0.930. The highest BCUT2D eigenvalue weighted by Crippen LogP contribution is 2.35. The predicted octanol–water partition coefficient (Wildman–Crippen LogP) is 3.59. The van der Waals surface area contributed by atoms with Crippen LogP contribution >= 0.6 is 0 Å². The number of aromatic nitrogens is 1. The minimum atomic E-state index is 0.167. The third-order valence-corrected chi connectivity index (χ3v) is 5.28. The minimum Gasteiger partial charge on any atom is -0.329 e. The van der Waals surface area contributed by atoms with Crippen LogP contribution in [0.15, 0.2) is 24.4 Å². The van der Waals surface area contributed by atoms with E-state index in [1.54, 1.807) is 0 Å². The zero-order chi connectivity index (χ0) is 15.1. The summed E-state index contributed by atoms with van der Waals surface area (Å²) in [7, 11) is 2.22. The average molecular weight is 289 g/mol. The number of pyridine rings is 1. The molecule has 0 amide bonds. The van der Waals surface area contributed by atoms with E-state index in [0.717, 1.165) is 24.7 Å². The van der Waals surface area contributed by atoms with Gasteiger partial charge in [0.05, 0.1) is 5.69 Å². The van der Waals surface area contributed by atoms with E-state index in [2.05, 4.69) is 36.0 Å². The van der Waals surface area contributed by atoms with E-state index in [1.165, 1.54) is 44.9 Å². The highest BCUT2D eigenvalue weighted by atomic mass is 15.2. The van der Waals surface area contributed by atoms with Crippen molar-refractivity contribution in [2.24, 2.45) is 11.7 Å². The quantitative estimate of drug-likeness (QED) is 0.814. The monoisotopic (exact) mass is 289 g/mol. The van der Waals surface area contributed by atoms with E-state index in [9.17, 15) is 0 Å². The maximum atomic E-state index is 6.22. The first kappa shape index (κ1) is 16.4. The van der Waals surface area contributed by atoms with Gasteiger partial charge in [0.15, 0.2) is 0 Å². The van der Waals surface area contributed by atoms with Gasteiger partial charge < -0.3 is 5.73 Å². The molecule has 3 nitrogen and oxygen atoms in total. The van der Waals surface area contributed by atoms with E-state index in [1.807, 2.05) is 12.3 Å². The Balaban J connectivity index is 2.02. The Labute approximate surface area is 129 Å². The Morgan fingerprint density at radius 3 is 2.86 bits per heavy atom. The second kappa shape index (κ2) is 7.90. The Morgan fingerprint density at radius 2 is 2.19 bits per heavy atom. The number of nitrogens with zero attached hydrogens (tertiary/aromatic N) is 2. The molecule has 1 fully saturated rings. The van der Waals surface area contributed by atoms with Gasteiger partial charge in [-0.25, -0.2) is 0 Å². The van der Waals surface area contributed by atoms with Crippen molar-refractivity contribution in [3.63, 3.8) is 0 Å². The lowest BCUT2D eigenvalue weighted by atomic mass is 9.87. The van der Waals surface area contributed by atoms with Gasteiger partial charge in [0.1, 0.15) is 0 Å². The summed E-state index contributed by atoms with van der Waals surface area (Å²) in [6.45, 7) is 3.96. The van der Waals surface area contributed by atoms with Crippen molar-refractivity contribution in [2.75, 3.05) is 13.6 Å². The molecule has 1 aromatic heterocycles. The Kier molecular flexibility index (Phi) is 6.19. The average Bonchev–Trinajstić information content (AvgIpc) is 2.72. The van der Waals surface area contributed by atoms with E-state index in [4.69, 9.17) is 5.73 Å². The SMILES string of the molecule is CCCC1CCCC(CN)(N(C)Cc2ccccn2)CC1. The smallest absolute Gasteiger partial charge is 0.0544 e. The molecule has 0 bridgehead atoms. The van der Waals surface area contributed by atoms with Crippen molar-refractivity contribution in [1.29, 1.82) is 0 Å². The zero-order valence-corrected chi connectivity index (χ0v) is 13.7. The van der Waals surface area contributed by atoms with E-state index in [-0.39, 0.29) is 5.54 Å². The molecule has 3 heteroatoms. The van der Waals surface area contributed by atoms with Crippen LogP contribution in [0.2, 0.25) is 0 Å². The van der Waals surface area contributed by atoms with Crippen LogP contribution in [-0.4, -0.2) is 29.0 Å². The lowest BCUT2D eigenvalue weighted by molar-refractivity contribution is 0.0969. The summed E-state index contributed by atoms with van der Waals surface area (Å²) < 4.78 is 0. The van der Waals surface area contributed by atoms with Gasteiger partial charge in [0, 0.05) is 24.8 Å². The van der Waals surface area contributed by atoms with Crippen LogP contribution < -0.4 is 5.73 Å². The molecule has 1 aliphatic rings. The van der Waals surface area contributed by atoms with Gasteiger partial charge in [0.2, 0.25) is 0 Å². The molecular formula is C18H31N3. The van der Waals surface area contributed by atoms with Gasteiger partial charge in [-0.2, -0.15) is 0 Å². The highest BCUT2D eigenvalue weighted by Gasteiger charge is 2.35. The molecule has 2 rings (SSSR count). The molecule has 1 aliphatic carbocycles. The first-order valence-corrected chi connectivity index (χ1v) is 8.51. The number of nitrogens with two attached hydrogens (primary N) is 1. The summed E-state index contributed by atoms with van der Waals surface area (Å²) in [6, 6.07) is 6.15. The van der Waals surface area contributed by atoms with Crippen LogP contribution in [0.1, 0.15) is 57.6 Å². The molecule has 0 radical (unpaired) electrons. The molecule has 2 unspecified atom stereocenters. The van der Waals surface area contributed by atoms with Gasteiger partial charge in [-0.05, 0) is 44.4 Å². The second-order valence-corrected chi connectivity index (χ2v) is 6.69. The van der Waals surface area contributed by atoms with Crippen molar-refractivity contribution in [3.8, 4) is 0 Å². The maximum absolute atomic E-state index is 6.22. The summed E-state index contributed by atoms with van der Waals surface area (Å²) in [6.07, 6.45) is 11.1. The van der Waals surface area contributed by atoms with Gasteiger partial charge in [-0.1, -0.05) is 38.7 Å². The molecule has 2 atom stereocenters. The standard InChI is InChI=1S/C18H31N3/c1-3-7-16-8-6-11-18(15-19,12-10-16)21(2)14-17-9-4-5-13-20-17/h4-5,9,13,16H,3,6-8,10-12,14-15,19H2,1-2H3. The van der Waals surface area contributed by atoms with E-state index in [0.29, 0.717) is 0 Å². The lowest BCUT2D eigenvalue weighted by Gasteiger charge is -2.41. The van der Waals surface area contributed by atoms with E-state index >= 15 is 0 Å². The molecule has 1 heterocycles. The van der Waals surface area contributed by atoms with Crippen molar-refractivity contribution in [3.05, 3.63) is 30.1 Å². The third-order valence-electron chi connectivity index (χ3n) is 5.28. The van der Waals surface area contributed by atoms with Crippen molar-refractivity contribution >= 4 is 0 Å². The largest absolute Gasteiger partial charge is 0.329 e. The van der Waals surface area contributed by atoms with Gasteiger partial charge in [-0.15, -0.1) is 0 Å². The molecule has 0 aromatic carbocycles. The van der Waals surface area contributed by atoms with Crippen molar-refractivity contribution in [2.45, 2.75) is 64.0 Å². The van der Waals surface area contributed by atoms with Crippen molar-refractivity contribution < 1.29 is 0 Å². The summed E-state index contributed by atoms with van der Waals surface area (Å²) >= 11 is 0. The van der Waals surface area contributed by atoms with Crippen molar-refractivity contribution in [1.82, 2.24) is 9.88 Å². The maximum Gasteiger partial charge on any atom is 0.0544 e. The molecule has 1 aromatic rings. The fraction of sp³-hybridized carbons (Fsp3) is 0.722.